The van der Waals surface area contributed by atoms with Crippen molar-refractivity contribution in [2.75, 3.05) is 30.9 Å². The van der Waals surface area contributed by atoms with Gasteiger partial charge in [-0.2, -0.15) is 0 Å². The van der Waals surface area contributed by atoms with E-state index in [2.05, 4.69) is 4.98 Å². The Morgan fingerprint density at radius 3 is 2.29 bits per heavy atom. The van der Waals surface area contributed by atoms with E-state index in [1.807, 2.05) is 0 Å². The normalized spacial score (nSPS) is 34.7. The van der Waals surface area contributed by atoms with Gasteiger partial charge >= 0.3 is 13.2 Å². The third-order valence-electron chi connectivity index (χ3n) is 4.40. The lowest BCUT2D eigenvalue weighted by Gasteiger charge is -2.36. The number of rotatable bonds is 2. The fourth-order valence-corrected chi connectivity index (χ4v) is 2.25. The minimum absolute atomic E-state index is 0.0462. The summed E-state index contributed by atoms with van der Waals surface area (Å²) in [6.07, 6.45) is -1.65. The number of pyridine rings is 1. The quantitative estimate of drug-likeness (QED) is 0.711. The maximum atomic E-state index is 12.9. The Morgan fingerprint density at radius 2 is 1.75 bits per heavy atom. The van der Waals surface area contributed by atoms with Gasteiger partial charge in [-0.3, -0.25) is 0 Å². The molecule has 0 bridgehead atoms. The molecule has 1 aromatic heterocycles. The topological polar surface area (TPSA) is 64.1 Å². The van der Waals surface area contributed by atoms with Crippen LogP contribution in [0.3, 0.4) is 0 Å². The van der Waals surface area contributed by atoms with Crippen molar-refractivity contribution in [3.05, 3.63) is 18.1 Å². The summed E-state index contributed by atoms with van der Waals surface area (Å²) in [5, 5.41) is 0. The Bertz CT molecular complexity index is 1150. The number of ether oxygens (including phenoxy) is 1. The number of hydrogen-bond acceptors (Lipinski definition) is 6. The van der Waals surface area contributed by atoms with E-state index in [-0.39, 0.29) is 9.80 Å². The zero-order chi connectivity index (χ0) is 30.5. The van der Waals surface area contributed by atoms with Crippen LogP contribution in [0.2, 0.25) is 0 Å². The van der Waals surface area contributed by atoms with Crippen molar-refractivity contribution < 1.29 is 33.9 Å². The molecule has 0 unspecified atom stereocenters. The van der Waals surface area contributed by atoms with Gasteiger partial charge in [-0.25, -0.2) is 9.78 Å². The largest absolute Gasteiger partial charge is 0.514 e. The third kappa shape index (κ3) is 4.44. The van der Waals surface area contributed by atoms with Crippen LogP contribution in [-0.4, -0.2) is 65.9 Å². The van der Waals surface area contributed by atoms with Gasteiger partial charge in [0.05, 0.1) is 31.9 Å². The fourth-order valence-electron chi connectivity index (χ4n) is 2.25. The minimum Gasteiger partial charge on any atom is -0.444 e. The predicted octanol–water partition coefficient (Wildman–Crippen LogP) is 2.44. The molecule has 1 aromatic rings. The van der Waals surface area contributed by atoms with E-state index in [0.29, 0.717) is 0 Å². The molecule has 0 aromatic carbocycles. The number of aromatic nitrogens is 1. The zero-order valence-corrected chi connectivity index (χ0v) is 17.1. The number of carbonyl (C=O) groups excluding carboxylic acids is 1. The molecule has 3 heterocycles. The van der Waals surface area contributed by atoms with Gasteiger partial charge in [0, 0.05) is 26.0 Å². The molecule has 154 valence electrons. The van der Waals surface area contributed by atoms with E-state index in [9.17, 15) is 4.79 Å². The number of anilines is 1. The standard InChI is InChI=1S/C20H32BN3O4/c1-18(2,3)26-17(25)24-13-11-23(12-14-24)16-10-8-9-15(22-16)21-27-19(4,5)20(6,7)28-21/h8-10H,11-14H2,1-7H3/i8D,9D,10D,11D2,12D2,13D2,14D2. The van der Waals surface area contributed by atoms with Crippen molar-refractivity contribution in [1.29, 1.82) is 0 Å². The fraction of sp³-hybridized carbons (Fsp3) is 0.700. The molecule has 1 amide bonds. The van der Waals surface area contributed by atoms with Gasteiger partial charge in [-0.15, -0.1) is 0 Å². The maximum Gasteiger partial charge on any atom is 0.514 e. The second-order valence-electron chi connectivity index (χ2n) is 8.38. The van der Waals surface area contributed by atoms with Crippen LogP contribution >= 0.6 is 0 Å². The van der Waals surface area contributed by atoms with Gasteiger partial charge in [0.15, 0.2) is 0 Å². The molecule has 0 radical (unpaired) electrons. The molecule has 2 aliphatic heterocycles. The smallest absolute Gasteiger partial charge is 0.444 e. The summed E-state index contributed by atoms with van der Waals surface area (Å²) >= 11 is 0. The number of hydrogen-bond donors (Lipinski definition) is 0. The monoisotopic (exact) mass is 400 g/mol. The highest BCUT2D eigenvalue weighted by Crippen LogP contribution is 2.36. The van der Waals surface area contributed by atoms with Gasteiger partial charge in [0.25, 0.3) is 0 Å². The minimum atomic E-state index is -3.59. The summed E-state index contributed by atoms with van der Waals surface area (Å²) in [5.74, 6) is -0.979. The lowest BCUT2D eigenvalue weighted by Crippen LogP contribution is -2.50. The summed E-state index contributed by atoms with van der Waals surface area (Å²) in [6, 6.07) is -2.42. The van der Waals surface area contributed by atoms with Crippen molar-refractivity contribution in [2.45, 2.75) is 65.3 Å². The average molecular weight is 400 g/mol. The molecule has 2 fully saturated rings. The number of amides is 1. The van der Waals surface area contributed by atoms with Crippen molar-refractivity contribution in [2.24, 2.45) is 0 Å². The molecule has 0 spiro atoms. The van der Waals surface area contributed by atoms with Crippen LogP contribution in [0.15, 0.2) is 18.1 Å². The summed E-state index contributed by atoms with van der Waals surface area (Å²) in [5.41, 5.74) is -3.51. The molecule has 7 nitrogen and oxygen atoms in total. The second-order valence-corrected chi connectivity index (χ2v) is 8.38. The lowest BCUT2D eigenvalue weighted by atomic mass is 9.84. The zero-order valence-electron chi connectivity index (χ0n) is 28.1. The Labute approximate surface area is 183 Å². The van der Waals surface area contributed by atoms with Crippen LogP contribution in [0.4, 0.5) is 10.6 Å². The van der Waals surface area contributed by atoms with Gasteiger partial charge in [0.2, 0.25) is 0 Å². The molecular formula is C20H32BN3O4. The molecule has 0 aliphatic carbocycles. The Kier molecular flexibility index (Phi) is 2.80. The first-order valence-electron chi connectivity index (χ1n) is 14.3. The molecule has 2 saturated heterocycles. The molecule has 3 rings (SSSR count). The first-order chi connectivity index (χ1) is 17.1. The Hall–Kier alpha value is -1.80. The van der Waals surface area contributed by atoms with Gasteiger partial charge < -0.3 is 23.8 Å². The molecule has 0 saturated carbocycles. The Balaban J connectivity index is 2.27. The van der Waals surface area contributed by atoms with Crippen LogP contribution in [0, 0.1) is 0 Å². The van der Waals surface area contributed by atoms with E-state index >= 15 is 0 Å². The summed E-state index contributed by atoms with van der Waals surface area (Å²) in [4.78, 5) is 16.6. The van der Waals surface area contributed by atoms with Crippen LogP contribution in [-0.2, 0) is 14.0 Å². The third-order valence-corrected chi connectivity index (χ3v) is 4.40. The molecule has 8 heteroatoms. The van der Waals surface area contributed by atoms with E-state index in [4.69, 9.17) is 29.1 Å². The maximum absolute atomic E-state index is 12.9. The number of carbonyl (C=O) groups is 1. The van der Waals surface area contributed by atoms with Gasteiger partial charge in [0.1, 0.15) is 11.4 Å². The van der Waals surface area contributed by atoms with Crippen molar-refractivity contribution in [3.63, 3.8) is 0 Å². The van der Waals surface area contributed by atoms with Crippen molar-refractivity contribution in [1.82, 2.24) is 9.88 Å². The average Bonchev–Trinajstić information content (AvgIpc) is 2.91. The highest BCUT2D eigenvalue weighted by Gasteiger charge is 2.52. The predicted molar refractivity (Wildman–Crippen MR) is 110 cm³/mol. The number of piperazine rings is 1. The SMILES string of the molecule is [2H]c1c(B2OC(C)(C)C(C)(C)O2)nc(N2C([2H])([2H])C([2H])([2H])N(C(=O)OC(C)(C)C)C([2H])([2H])C2([2H])[2H])c([2H])c1[2H]. The first-order valence-corrected chi connectivity index (χ1v) is 8.82. The molecular weight excluding hydrogens is 357 g/mol. The molecule has 28 heavy (non-hydrogen) atoms. The molecule has 2 aliphatic rings. The van der Waals surface area contributed by atoms with E-state index in [1.165, 1.54) is 20.8 Å². The summed E-state index contributed by atoms with van der Waals surface area (Å²) in [7, 11) is -1.39. The highest BCUT2D eigenvalue weighted by atomic mass is 16.7. The van der Waals surface area contributed by atoms with E-state index in [1.54, 1.807) is 27.7 Å². The summed E-state index contributed by atoms with van der Waals surface area (Å²) in [6.45, 7) is -3.28. The molecule has 0 atom stereocenters. The van der Waals surface area contributed by atoms with Crippen molar-refractivity contribution in [3.8, 4) is 0 Å². The van der Waals surface area contributed by atoms with Crippen LogP contribution in [0.1, 0.15) is 63.5 Å². The number of nitrogens with zero attached hydrogens (tertiary/aromatic N) is 3. The second kappa shape index (κ2) is 7.23. The lowest BCUT2D eigenvalue weighted by molar-refractivity contribution is 0.00578. The van der Waals surface area contributed by atoms with E-state index < -0.39 is 85.5 Å². The van der Waals surface area contributed by atoms with E-state index in [0.717, 1.165) is 0 Å². The molecule has 0 N–H and O–H groups in total. The summed E-state index contributed by atoms with van der Waals surface area (Å²) < 4.78 is 110. The first kappa shape index (κ1) is 10.8. The Morgan fingerprint density at radius 1 is 1.18 bits per heavy atom. The van der Waals surface area contributed by atoms with Gasteiger partial charge in [-0.1, -0.05) is 6.04 Å². The highest BCUT2D eigenvalue weighted by molar-refractivity contribution is 6.61. The van der Waals surface area contributed by atoms with Crippen LogP contribution in [0.25, 0.3) is 0 Å². The van der Waals surface area contributed by atoms with Crippen LogP contribution in [0.5, 0.6) is 0 Å². The van der Waals surface area contributed by atoms with Crippen molar-refractivity contribution >= 4 is 24.6 Å². The van der Waals surface area contributed by atoms with Crippen LogP contribution < -0.4 is 10.5 Å². The van der Waals surface area contributed by atoms with Gasteiger partial charge in [-0.05, 0) is 60.6 Å².